The van der Waals surface area contributed by atoms with E-state index in [0.29, 0.717) is 23.6 Å². The second-order valence-electron chi connectivity index (χ2n) is 5.25. The lowest BCUT2D eigenvalue weighted by Gasteiger charge is -2.06. The van der Waals surface area contributed by atoms with Gasteiger partial charge in [-0.3, -0.25) is 14.8 Å². The molecule has 0 atom stereocenters. The molecule has 0 aliphatic rings. The minimum atomic E-state index is -0.0781. The molecule has 0 radical (unpaired) electrons. The predicted octanol–water partition coefficient (Wildman–Crippen LogP) is 3.62. The van der Waals surface area contributed by atoms with Crippen molar-refractivity contribution in [1.29, 1.82) is 0 Å². The van der Waals surface area contributed by atoms with Crippen LogP contribution in [0.15, 0.2) is 48.8 Å². The van der Waals surface area contributed by atoms with Crippen molar-refractivity contribution in [3.05, 3.63) is 70.6 Å². The zero-order chi connectivity index (χ0) is 16.2. The quantitative estimate of drug-likeness (QED) is 0.797. The summed E-state index contributed by atoms with van der Waals surface area (Å²) < 4.78 is 0. The van der Waals surface area contributed by atoms with Gasteiger partial charge in [-0.2, -0.15) is 0 Å². The first kappa shape index (κ1) is 15.4. The number of halogens is 1. The van der Waals surface area contributed by atoms with Gasteiger partial charge < -0.3 is 5.32 Å². The van der Waals surface area contributed by atoms with Crippen LogP contribution < -0.4 is 5.32 Å². The Morgan fingerprint density at radius 3 is 2.87 bits per heavy atom. The van der Waals surface area contributed by atoms with Crippen LogP contribution in [0, 0.1) is 0 Å². The maximum atomic E-state index is 11.9. The lowest BCUT2D eigenvalue weighted by molar-refractivity contribution is 0.0955. The van der Waals surface area contributed by atoms with Crippen LogP contribution >= 0.6 is 11.6 Å². The number of carbonyl (C=O) groups excluding carboxylic acids is 1. The number of fused-ring (bicyclic) bond motifs is 1. The fraction of sp³-hybridized carbons (Fsp3) is 0.167. The van der Waals surface area contributed by atoms with E-state index in [1.807, 2.05) is 31.2 Å². The molecule has 0 aliphatic heterocycles. The van der Waals surface area contributed by atoms with Gasteiger partial charge in [-0.25, -0.2) is 0 Å². The average Bonchev–Trinajstić information content (AvgIpc) is 2.55. The number of pyridine rings is 2. The van der Waals surface area contributed by atoms with E-state index in [2.05, 4.69) is 21.4 Å². The Bertz CT molecular complexity index is 864. The number of carbonyl (C=O) groups is 1. The third-order valence-electron chi connectivity index (χ3n) is 3.51. The SMILES string of the molecule is CCNC(=O)c1ccnc(Cc2ccc3ncc(Cl)cc3c2)c1. The molecule has 1 aromatic carbocycles. The fourth-order valence-electron chi connectivity index (χ4n) is 2.45. The Balaban J connectivity index is 1.87. The molecule has 1 N–H and O–H groups in total. The third kappa shape index (κ3) is 3.66. The Labute approximate surface area is 139 Å². The van der Waals surface area contributed by atoms with E-state index in [-0.39, 0.29) is 5.91 Å². The van der Waals surface area contributed by atoms with Crippen molar-refractivity contribution in [2.45, 2.75) is 13.3 Å². The lowest BCUT2D eigenvalue weighted by atomic mass is 10.0. The van der Waals surface area contributed by atoms with Crippen LogP contribution in [0.25, 0.3) is 10.9 Å². The monoisotopic (exact) mass is 325 g/mol. The van der Waals surface area contributed by atoms with E-state index in [1.165, 1.54) is 0 Å². The maximum Gasteiger partial charge on any atom is 0.251 e. The highest BCUT2D eigenvalue weighted by molar-refractivity contribution is 6.31. The van der Waals surface area contributed by atoms with E-state index in [0.717, 1.165) is 22.2 Å². The van der Waals surface area contributed by atoms with Crippen LogP contribution in [-0.4, -0.2) is 22.4 Å². The number of hydrogen-bond donors (Lipinski definition) is 1. The molecule has 3 aromatic rings. The van der Waals surface area contributed by atoms with Gasteiger partial charge in [-0.15, -0.1) is 0 Å². The Morgan fingerprint density at radius 1 is 1.17 bits per heavy atom. The average molecular weight is 326 g/mol. The van der Waals surface area contributed by atoms with Gasteiger partial charge in [0, 0.05) is 42.0 Å². The second kappa shape index (κ2) is 6.75. The molecule has 0 saturated carbocycles. The highest BCUT2D eigenvalue weighted by Gasteiger charge is 2.07. The van der Waals surface area contributed by atoms with Gasteiger partial charge in [0.25, 0.3) is 5.91 Å². The summed E-state index contributed by atoms with van der Waals surface area (Å²) in [5.41, 5.74) is 3.48. The molecule has 0 fully saturated rings. The van der Waals surface area contributed by atoms with Crippen molar-refractivity contribution < 1.29 is 4.79 Å². The number of amides is 1. The van der Waals surface area contributed by atoms with Gasteiger partial charge in [-0.1, -0.05) is 17.7 Å². The van der Waals surface area contributed by atoms with Crippen LogP contribution in [0.3, 0.4) is 0 Å². The number of rotatable bonds is 4. The van der Waals surface area contributed by atoms with Crippen LogP contribution in [0.5, 0.6) is 0 Å². The zero-order valence-corrected chi connectivity index (χ0v) is 13.5. The number of benzene rings is 1. The molecule has 0 bridgehead atoms. The van der Waals surface area contributed by atoms with E-state index in [1.54, 1.807) is 18.5 Å². The van der Waals surface area contributed by atoms with Crippen molar-refractivity contribution in [2.24, 2.45) is 0 Å². The minimum absolute atomic E-state index is 0.0781. The zero-order valence-electron chi connectivity index (χ0n) is 12.7. The van der Waals surface area contributed by atoms with Crippen LogP contribution in [0.1, 0.15) is 28.5 Å². The molecule has 0 saturated heterocycles. The number of nitrogens with zero attached hydrogens (tertiary/aromatic N) is 2. The molecule has 23 heavy (non-hydrogen) atoms. The van der Waals surface area contributed by atoms with Gasteiger partial charge >= 0.3 is 0 Å². The first-order valence-corrected chi connectivity index (χ1v) is 7.81. The van der Waals surface area contributed by atoms with Crippen molar-refractivity contribution in [1.82, 2.24) is 15.3 Å². The van der Waals surface area contributed by atoms with Gasteiger partial charge in [0.15, 0.2) is 0 Å². The molecule has 5 heteroatoms. The fourth-order valence-corrected chi connectivity index (χ4v) is 2.62. The topological polar surface area (TPSA) is 54.9 Å². The minimum Gasteiger partial charge on any atom is -0.352 e. The maximum absolute atomic E-state index is 11.9. The summed E-state index contributed by atoms with van der Waals surface area (Å²) in [7, 11) is 0. The van der Waals surface area contributed by atoms with Gasteiger partial charge in [-0.05, 0) is 42.8 Å². The first-order valence-electron chi connectivity index (χ1n) is 7.43. The predicted molar refractivity (Wildman–Crippen MR) is 91.8 cm³/mol. The molecule has 116 valence electrons. The molecule has 2 aromatic heterocycles. The smallest absolute Gasteiger partial charge is 0.251 e. The van der Waals surface area contributed by atoms with Gasteiger partial charge in [0.1, 0.15) is 0 Å². The van der Waals surface area contributed by atoms with Gasteiger partial charge in [0.05, 0.1) is 10.5 Å². The molecule has 2 heterocycles. The Morgan fingerprint density at radius 2 is 2.04 bits per heavy atom. The van der Waals surface area contributed by atoms with E-state index < -0.39 is 0 Å². The number of nitrogens with one attached hydrogen (secondary N) is 1. The molecule has 0 unspecified atom stereocenters. The second-order valence-corrected chi connectivity index (χ2v) is 5.69. The summed E-state index contributed by atoms with van der Waals surface area (Å²) >= 11 is 6.00. The molecule has 0 aliphatic carbocycles. The van der Waals surface area contributed by atoms with Crippen molar-refractivity contribution in [3.63, 3.8) is 0 Å². The van der Waals surface area contributed by atoms with E-state index >= 15 is 0 Å². The summed E-state index contributed by atoms with van der Waals surface area (Å²) in [4.78, 5) is 20.5. The molecule has 4 nitrogen and oxygen atoms in total. The van der Waals surface area contributed by atoms with Crippen molar-refractivity contribution in [2.75, 3.05) is 6.54 Å². The van der Waals surface area contributed by atoms with Crippen LogP contribution in [0.2, 0.25) is 5.02 Å². The Hall–Kier alpha value is -2.46. The first-order chi connectivity index (χ1) is 11.2. The lowest BCUT2D eigenvalue weighted by Crippen LogP contribution is -2.22. The van der Waals surface area contributed by atoms with E-state index in [9.17, 15) is 4.79 Å². The van der Waals surface area contributed by atoms with Crippen molar-refractivity contribution in [3.8, 4) is 0 Å². The van der Waals surface area contributed by atoms with Crippen LogP contribution in [-0.2, 0) is 6.42 Å². The largest absolute Gasteiger partial charge is 0.352 e. The summed E-state index contributed by atoms with van der Waals surface area (Å²) in [5.74, 6) is -0.0781. The van der Waals surface area contributed by atoms with Gasteiger partial charge in [0.2, 0.25) is 0 Å². The number of aromatic nitrogens is 2. The standard InChI is InChI=1S/C18H16ClN3O/c1-2-20-18(23)13-5-6-21-16(10-13)8-12-3-4-17-14(7-12)9-15(19)11-22-17/h3-7,9-11H,2,8H2,1H3,(H,20,23). The summed E-state index contributed by atoms with van der Waals surface area (Å²) in [6, 6.07) is 11.5. The third-order valence-corrected chi connectivity index (χ3v) is 3.72. The molecule has 3 rings (SSSR count). The van der Waals surface area contributed by atoms with Crippen molar-refractivity contribution >= 4 is 28.4 Å². The highest BCUT2D eigenvalue weighted by atomic mass is 35.5. The normalized spacial score (nSPS) is 10.7. The molecular formula is C18H16ClN3O. The summed E-state index contributed by atoms with van der Waals surface area (Å²) in [6.45, 7) is 2.50. The Kier molecular flexibility index (Phi) is 4.53. The van der Waals surface area contributed by atoms with Crippen LogP contribution in [0.4, 0.5) is 0 Å². The number of hydrogen-bond acceptors (Lipinski definition) is 3. The molecule has 0 spiro atoms. The highest BCUT2D eigenvalue weighted by Crippen LogP contribution is 2.19. The summed E-state index contributed by atoms with van der Waals surface area (Å²) in [5, 5.41) is 4.41. The van der Waals surface area contributed by atoms with E-state index in [4.69, 9.17) is 11.6 Å². The summed E-state index contributed by atoms with van der Waals surface area (Å²) in [6.07, 6.45) is 3.95. The molecular weight excluding hydrogens is 310 g/mol. The molecule has 1 amide bonds.